The fraction of sp³-hybridized carbons (Fsp3) is 0.857. The Morgan fingerprint density at radius 3 is 1.70 bits per heavy atom. The second kappa shape index (κ2) is 4.75. The van der Waals surface area contributed by atoms with E-state index in [9.17, 15) is 0 Å². The minimum atomic E-state index is 1.07. The first kappa shape index (κ1) is 9.99. The average molecular weight is 207 g/mol. The molecule has 0 saturated heterocycles. The molecule has 0 aliphatic rings. The van der Waals surface area contributed by atoms with Crippen LogP contribution in [0, 0.1) is 0 Å². The van der Waals surface area contributed by atoms with Gasteiger partial charge in [-0.2, -0.15) is 0 Å². The molecule has 0 rings (SSSR count). The molecular weight excluding hydrogens is 191 g/mol. The minimum absolute atomic E-state index is 1.07. The van der Waals surface area contributed by atoms with E-state index in [2.05, 4.69) is 39.2 Å². The molecule has 0 spiro atoms. The van der Waals surface area contributed by atoms with E-state index < -0.39 is 0 Å². The molecule has 0 saturated carbocycles. The van der Waals surface area contributed by atoms with E-state index >= 15 is 0 Å². The molecule has 0 heterocycles. The van der Waals surface area contributed by atoms with Crippen molar-refractivity contribution >= 4 is 20.2 Å². The van der Waals surface area contributed by atoms with E-state index in [0.29, 0.717) is 0 Å². The van der Waals surface area contributed by atoms with Crippen LogP contribution in [0.1, 0.15) is 13.8 Å². The van der Waals surface area contributed by atoms with E-state index in [1.165, 1.54) is 4.67 Å². The van der Waals surface area contributed by atoms with Crippen LogP contribution in [0.4, 0.5) is 0 Å². The van der Waals surface area contributed by atoms with Crippen molar-refractivity contribution in [3.8, 4) is 0 Å². The Morgan fingerprint density at radius 2 is 1.60 bits per heavy atom. The van der Waals surface area contributed by atoms with Crippen LogP contribution in [0.25, 0.3) is 0 Å². The molecule has 3 heteroatoms. The third-order valence-corrected chi connectivity index (χ3v) is 2.72. The van der Waals surface area contributed by atoms with Crippen molar-refractivity contribution in [3.63, 3.8) is 0 Å². The van der Waals surface area contributed by atoms with Gasteiger partial charge in [0, 0.05) is 0 Å². The van der Waals surface area contributed by atoms with Crippen molar-refractivity contribution in [2.45, 2.75) is 13.8 Å². The molecule has 60 valence electrons. The molecule has 0 radical (unpaired) electrons. The first-order valence-corrected chi connectivity index (χ1v) is 4.45. The molecule has 0 fully saturated rings. The molecule has 0 atom stereocenters. The summed E-state index contributed by atoms with van der Waals surface area (Å²) in [6, 6.07) is 0. The number of nitrogens with zero attached hydrogens (tertiary/aromatic N) is 2. The van der Waals surface area contributed by atoms with Gasteiger partial charge < -0.3 is 0 Å². The zero-order chi connectivity index (χ0) is 8.15. The maximum atomic E-state index is 3.05. The molecule has 0 unspecified atom stereocenters. The van der Waals surface area contributed by atoms with Gasteiger partial charge in [0.25, 0.3) is 0 Å². The molecule has 0 aromatic rings. The molecule has 0 N–H and O–H groups in total. The van der Waals surface area contributed by atoms with Gasteiger partial charge in [-0.1, -0.05) is 0 Å². The molecule has 0 aromatic heterocycles. The Balaban J connectivity index is 3.89. The summed E-state index contributed by atoms with van der Waals surface area (Å²) in [4.78, 5) is 4.37. The average Bonchev–Trinajstić information content (AvgIpc) is 1.90. The van der Waals surface area contributed by atoms with Crippen molar-refractivity contribution in [2.75, 3.05) is 27.2 Å². The van der Waals surface area contributed by atoms with Crippen molar-refractivity contribution in [1.29, 1.82) is 0 Å². The summed E-state index contributed by atoms with van der Waals surface area (Å²) in [6.07, 6.45) is 0. The standard InChI is InChI=1S/C7H16N2Se/c1-5-9(6-2)7(10)8(3)4/h5-6H2,1-4H3. The van der Waals surface area contributed by atoms with Crippen LogP contribution in [0.5, 0.6) is 0 Å². The maximum absolute atomic E-state index is 3.05. The van der Waals surface area contributed by atoms with Crippen molar-refractivity contribution in [2.24, 2.45) is 0 Å². The quantitative estimate of drug-likeness (QED) is 0.605. The Hall–Kier alpha value is -0.0105. The predicted molar refractivity (Wildman–Crippen MR) is 47.4 cm³/mol. The van der Waals surface area contributed by atoms with Crippen LogP contribution in [0.2, 0.25) is 0 Å². The summed E-state index contributed by atoms with van der Waals surface area (Å²) in [5.41, 5.74) is 0. The van der Waals surface area contributed by atoms with Crippen molar-refractivity contribution in [1.82, 2.24) is 9.80 Å². The van der Waals surface area contributed by atoms with E-state index in [-0.39, 0.29) is 0 Å². The van der Waals surface area contributed by atoms with Gasteiger partial charge in [0.15, 0.2) is 0 Å². The molecule has 0 amide bonds. The number of rotatable bonds is 4. The summed E-state index contributed by atoms with van der Waals surface area (Å²) in [5, 5.41) is 0. The predicted octanol–water partition coefficient (Wildman–Crippen LogP) is 0.146. The summed E-state index contributed by atoms with van der Waals surface area (Å²) in [6.45, 7) is 6.45. The van der Waals surface area contributed by atoms with Gasteiger partial charge in [-0.05, 0) is 0 Å². The molecule has 2 nitrogen and oxygen atoms in total. The van der Waals surface area contributed by atoms with Crippen LogP contribution in [-0.2, 0) is 0 Å². The monoisotopic (exact) mass is 208 g/mol. The second-order valence-corrected chi connectivity index (χ2v) is 3.12. The van der Waals surface area contributed by atoms with Gasteiger partial charge in [0.05, 0.1) is 0 Å². The third-order valence-electron chi connectivity index (χ3n) is 1.42. The Kier molecular flexibility index (Phi) is 4.75. The van der Waals surface area contributed by atoms with Gasteiger partial charge in [-0.15, -0.1) is 0 Å². The Morgan fingerprint density at radius 1 is 1.20 bits per heavy atom. The van der Waals surface area contributed by atoms with Gasteiger partial charge in [-0.25, -0.2) is 0 Å². The molecule has 0 bridgehead atoms. The fourth-order valence-corrected chi connectivity index (χ4v) is 1.32. The molecule has 0 aromatic carbocycles. The summed E-state index contributed by atoms with van der Waals surface area (Å²) in [5.74, 6) is 0. The Bertz CT molecular complexity index is 108. The van der Waals surface area contributed by atoms with Gasteiger partial charge in [0.1, 0.15) is 0 Å². The van der Waals surface area contributed by atoms with Gasteiger partial charge in [-0.3, -0.25) is 0 Å². The van der Waals surface area contributed by atoms with Crippen LogP contribution < -0.4 is 0 Å². The second-order valence-electron chi connectivity index (χ2n) is 2.35. The van der Waals surface area contributed by atoms with Crippen LogP contribution in [0.3, 0.4) is 0 Å². The van der Waals surface area contributed by atoms with Crippen molar-refractivity contribution in [3.05, 3.63) is 0 Å². The Labute approximate surface area is 71.5 Å². The molecule has 0 aliphatic carbocycles. The molecule has 10 heavy (non-hydrogen) atoms. The van der Waals surface area contributed by atoms with Gasteiger partial charge in [0.2, 0.25) is 0 Å². The van der Waals surface area contributed by atoms with E-state index in [4.69, 9.17) is 0 Å². The third kappa shape index (κ3) is 2.72. The zero-order valence-electron chi connectivity index (χ0n) is 7.22. The van der Waals surface area contributed by atoms with E-state index in [0.717, 1.165) is 13.1 Å². The van der Waals surface area contributed by atoms with Gasteiger partial charge >= 0.3 is 71.1 Å². The fourth-order valence-electron chi connectivity index (χ4n) is 0.777. The summed E-state index contributed by atoms with van der Waals surface area (Å²) >= 11 is 3.05. The first-order valence-electron chi connectivity index (χ1n) is 3.59. The molecular formula is C7H16N2Se. The SMILES string of the molecule is CCN(CC)C(=[Se])N(C)C. The number of hydrogen-bond donors (Lipinski definition) is 0. The summed E-state index contributed by atoms with van der Waals surface area (Å²) in [7, 11) is 4.09. The van der Waals surface area contributed by atoms with Crippen LogP contribution >= 0.6 is 0 Å². The van der Waals surface area contributed by atoms with Crippen LogP contribution in [0.15, 0.2) is 0 Å². The van der Waals surface area contributed by atoms with Crippen LogP contribution in [-0.4, -0.2) is 57.2 Å². The first-order chi connectivity index (χ1) is 4.63. The van der Waals surface area contributed by atoms with E-state index in [1.54, 1.807) is 0 Å². The molecule has 0 aliphatic heterocycles. The zero-order valence-corrected chi connectivity index (χ0v) is 8.93. The normalized spacial score (nSPS) is 9.20. The van der Waals surface area contributed by atoms with Crippen molar-refractivity contribution < 1.29 is 0 Å². The summed E-state index contributed by atoms with van der Waals surface area (Å²) < 4.78 is 1.21. The topological polar surface area (TPSA) is 6.48 Å². The number of hydrogen-bond acceptors (Lipinski definition) is 2. The van der Waals surface area contributed by atoms with E-state index in [1.807, 2.05) is 14.1 Å².